The molecule has 1 aliphatic rings. The number of benzene rings is 5. The van der Waals surface area contributed by atoms with Gasteiger partial charge in [0.2, 0.25) is 0 Å². The Bertz CT molecular complexity index is 1620. The fourth-order valence-electron chi connectivity index (χ4n) is 4.65. The van der Waals surface area contributed by atoms with E-state index in [2.05, 4.69) is 109 Å². The van der Waals surface area contributed by atoms with Crippen molar-refractivity contribution in [3.05, 3.63) is 127 Å². The first kappa shape index (κ1) is 24.1. The van der Waals surface area contributed by atoms with Crippen LogP contribution in [0.3, 0.4) is 0 Å². The maximum Gasteiger partial charge on any atom is 0.146 e. The molecule has 1 heterocycles. The molecule has 0 N–H and O–H groups in total. The number of rotatable bonds is 4. The fraction of sp³-hybridized carbons (Fsp3) is 0.0882. The second-order valence-corrected chi connectivity index (χ2v) is 9.05. The molecular weight excluding hydrogens is 452 g/mol. The first-order valence-electron chi connectivity index (χ1n) is 12.5. The van der Waals surface area contributed by atoms with Crippen LogP contribution >= 0.6 is 0 Å². The number of ether oxygens (including phenoxy) is 1. The highest BCUT2D eigenvalue weighted by Gasteiger charge is 2.16. The minimum absolute atomic E-state index is 0.751. The van der Waals surface area contributed by atoms with E-state index in [-0.39, 0.29) is 0 Å². The molecule has 0 bridgehead atoms. The van der Waals surface area contributed by atoms with Crippen molar-refractivity contribution in [1.29, 1.82) is 0 Å². The van der Waals surface area contributed by atoms with Crippen LogP contribution in [0, 0.1) is 0 Å². The second kappa shape index (κ2) is 11.0. The van der Waals surface area contributed by atoms with Crippen molar-refractivity contribution in [3.63, 3.8) is 0 Å². The SMILES string of the molecule is C/C=C\N=CC1=Cc2ccc(-c3ccccc3)c3cccc(c23)O1.CN(C)c1cccc2ccccc12. The molecule has 0 amide bonds. The minimum atomic E-state index is 0.751. The topological polar surface area (TPSA) is 24.8 Å². The van der Waals surface area contributed by atoms with Crippen LogP contribution in [0.4, 0.5) is 5.69 Å². The molecule has 0 radical (unpaired) electrons. The molecule has 1 aliphatic heterocycles. The van der Waals surface area contributed by atoms with Gasteiger partial charge in [-0.25, -0.2) is 0 Å². The summed E-state index contributed by atoms with van der Waals surface area (Å²) in [6, 6.07) is 35.8. The van der Waals surface area contributed by atoms with Gasteiger partial charge < -0.3 is 9.64 Å². The summed E-state index contributed by atoms with van der Waals surface area (Å²) in [5.74, 6) is 1.63. The number of allylic oxidation sites excluding steroid dienone is 2. The number of hydrogen-bond donors (Lipinski definition) is 0. The highest BCUT2D eigenvalue weighted by Crippen LogP contribution is 2.39. The molecule has 0 unspecified atom stereocenters. The summed E-state index contributed by atoms with van der Waals surface area (Å²) >= 11 is 0. The zero-order valence-electron chi connectivity index (χ0n) is 21.4. The van der Waals surface area contributed by atoms with Gasteiger partial charge in [-0.1, -0.05) is 97.1 Å². The number of fused-ring (bicyclic) bond motifs is 1. The van der Waals surface area contributed by atoms with Crippen molar-refractivity contribution in [3.8, 4) is 16.9 Å². The van der Waals surface area contributed by atoms with E-state index in [4.69, 9.17) is 4.74 Å². The predicted octanol–water partition coefficient (Wildman–Crippen LogP) is 8.75. The van der Waals surface area contributed by atoms with Crippen molar-refractivity contribution in [1.82, 2.24) is 0 Å². The van der Waals surface area contributed by atoms with E-state index in [1.807, 2.05) is 37.3 Å². The molecule has 0 aromatic heterocycles. The quantitative estimate of drug-likeness (QED) is 0.239. The summed E-state index contributed by atoms with van der Waals surface area (Å²) in [7, 11) is 4.14. The Balaban J connectivity index is 0.000000182. The molecule has 0 saturated heterocycles. The third-order valence-corrected chi connectivity index (χ3v) is 6.33. The van der Waals surface area contributed by atoms with Crippen molar-refractivity contribution < 1.29 is 4.74 Å². The molecule has 3 heteroatoms. The summed E-state index contributed by atoms with van der Waals surface area (Å²) < 4.78 is 6.02. The largest absolute Gasteiger partial charge is 0.455 e. The minimum Gasteiger partial charge on any atom is -0.455 e. The van der Waals surface area contributed by atoms with Crippen molar-refractivity contribution >= 4 is 39.5 Å². The van der Waals surface area contributed by atoms with Crippen LogP contribution in [0.25, 0.3) is 38.7 Å². The summed E-state index contributed by atoms with van der Waals surface area (Å²) in [5.41, 5.74) is 4.87. The molecule has 3 nitrogen and oxygen atoms in total. The van der Waals surface area contributed by atoms with E-state index in [1.54, 1.807) is 12.4 Å². The third-order valence-electron chi connectivity index (χ3n) is 6.33. The summed E-state index contributed by atoms with van der Waals surface area (Å²) in [4.78, 5) is 6.36. The lowest BCUT2D eigenvalue weighted by Crippen LogP contribution is -2.08. The Kier molecular flexibility index (Phi) is 7.14. The van der Waals surface area contributed by atoms with Crippen LogP contribution in [-0.2, 0) is 0 Å². The van der Waals surface area contributed by atoms with Gasteiger partial charge in [0.05, 0.1) is 6.21 Å². The monoisotopic (exact) mass is 482 g/mol. The van der Waals surface area contributed by atoms with Gasteiger partial charge in [0, 0.05) is 36.8 Å². The van der Waals surface area contributed by atoms with Crippen LogP contribution in [0.5, 0.6) is 5.75 Å². The Morgan fingerprint density at radius 2 is 1.46 bits per heavy atom. The van der Waals surface area contributed by atoms with E-state index < -0.39 is 0 Å². The van der Waals surface area contributed by atoms with E-state index in [1.165, 1.54) is 33.0 Å². The predicted molar refractivity (Wildman–Crippen MR) is 160 cm³/mol. The Morgan fingerprint density at radius 3 is 2.27 bits per heavy atom. The average molecular weight is 483 g/mol. The van der Waals surface area contributed by atoms with Crippen molar-refractivity contribution in [2.24, 2.45) is 4.99 Å². The molecule has 5 aromatic carbocycles. The van der Waals surface area contributed by atoms with Crippen LogP contribution < -0.4 is 9.64 Å². The van der Waals surface area contributed by atoms with Gasteiger partial charge in [-0.05, 0) is 52.6 Å². The number of nitrogens with zero attached hydrogens (tertiary/aromatic N) is 2. The van der Waals surface area contributed by atoms with Gasteiger partial charge in [0.1, 0.15) is 11.5 Å². The maximum absolute atomic E-state index is 6.02. The summed E-state index contributed by atoms with van der Waals surface area (Å²) in [5, 5.41) is 4.97. The average Bonchev–Trinajstić information content (AvgIpc) is 2.94. The van der Waals surface area contributed by atoms with Crippen LogP contribution in [-0.4, -0.2) is 20.3 Å². The van der Waals surface area contributed by atoms with E-state index >= 15 is 0 Å². The maximum atomic E-state index is 6.02. The van der Waals surface area contributed by atoms with Crippen molar-refractivity contribution in [2.75, 3.05) is 19.0 Å². The fourth-order valence-corrected chi connectivity index (χ4v) is 4.65. The molecule has 5 aromatic rings. The summed E-state index contributed by atoms with van der Waals surface area (Å²) in [6.07, 6.45) is 7.42. The molecule has 0 spiro atoms. The van der Waals surface area contributed by atoms with E-state index in [0.717, 1.165) is 22.5 Å². The molecular formula is C34H30N2O. The van der Waals surface area contributed by atoms with Gasteiger partial charge in [-0.2, -0.15) is 0 Å². The molecule has 182 valence electrons. The smallest absolute Gasteiger partial charge is 0.146 e. The molecule has 37 heavy (non-hydrogen) atoms. The Labute approximate surface area is 218 Å². The Hall–Kier alpha value is -4.63. The number of anilines is 1. The summed E-state index contributed by atoms with van der Waals surface area (Å²) in [6.45, 7) is 1.94. The Morgan fingerprint density at radius 1 is 0.730 bits per heavy atom. The van der Waals surface area contributed by atoms with Crippen molar-refractivity contribution in [2.45, 2.75) is 6.92 Å². The normalized spacial score (nSPS) is 12.4. The van der Waals surface area contributed by atoms with Gasteiger partial charge in [0.15, 0.2) is 0 Å². The number of aliphatic imine (C=N–C) groups is 1. The number of hydrogen-bond acceptors (Lipinski definition) is 3. The van der Waals surface area contributed by atoms with E-state index in [0.29, 0.717) is 0 Å². The molecule has 0 saturated carbocycles. The molecule has 0 aliphatic carbocycles. The standard InChI is InChI=1S/C22H17NO.C12H13N/c1-2-13-23-15-18-14-17-11-12-19(16-7-4-3-5-8-16)20-9-6-10-21(24-18)22(17)20;1-13(2)12-9-5-7-10-6-3-4-8-11(10)12/h2-15H,1H3;3-9H,1-2H3/b13-2-,23-15?;. The molecule has 0 fully saturated rings. The third kappa shape index (κ3) is 5.17. The van der Waals surface area contributed by atoms with E-state index in [9.17, 15) is 0 Å². The van der Waals surface area contributed by atoms with Gasteiger partial charge >= 0.3 is 0 Å². The van der Waals surface area contributed by atoms with Gasteiger partial charge in [-0.3, -0.25) is 4.99 Å². The lowest BCUT2D eigenvalue weighted by molar-refractivity contribution is 0.464. The molecule has 0 atom stereocenters. The highest BCUT2D eigenvalue weighted by atomic mass is 16.5. The lowest BCUT2D eigenvalue weighted by atomic mass is 9.93. The van der Waals surface area contributed by atoms with Gasteiger partial charge in [-0.15, -0.1) is 0 Å². The van der Waals surface area contributed by atoms with Crippen LogP contribution in [0.1, 0.15) is 12.5 Å². The second-order valence-electron chi connectivity index (χ2n) is 9.05. The van der Waals surface area contributed by atoms with Crippen LogP contribution in [0.2, 0.25) is 0 Å². The zero-order chi connectivity index (χ0) is 25.6. The van der Waals surface area contributed by atoms with Gasteiger partial charge in [0.25, 0.3) is 0 Å². The first-order chi connectivity index (χ1) is 18.2. The lowest BCUT2D eigenvalue weighted by Gasteiger charge is -2.18. The first-order valence-corrected chi connectivity index (χ1v) is 12.5. The molecule has 6 rings (SSSR count). The zero-order valence-corrected chi connectivity index (χ0v) is 21.4. The highest BCUT2D eigenvalue weighted by molar-refractivity contribution is 6.07. The van der Waals surface area contributed by atoms with Crippen LogP contribution in [0.15, 0.2) is 126 Å².